The van der Waals surface area contributed by atoms with Crippen molar-refractivity contribution in [3.05, 3.63) is 59.8 Å². The Labute approximate surface area is 119 Å². The molecule has 0 atom stereocenters. The Bertz CT molecular complexity index is 725. The molecule has 0 bridgehead atoms. The number of fused-ring (bicyclic) bond motifs is 1. The van der Waals surface area contributed by atoms with Gasteiger partial charge in [0.15, 0.2) is 0 Å². The van der Waals surface area contributed by atoms with Gasteiger partial charge in [-0.1, -0.05) is 48.0 Å². The Morgan fingerprint density at radius 2 is 1.95 bits per heavy atom. The second-order valence-corrected chi connectivity index (χ2v) is 5.27. The number of rotatable bonds is 4. The summed E-state index contributed by atoms with van der Waals surface area (Å²) >= 11 is 0. The van der Waals surface area contributed by atoms with E-state index in [0.29, 0.717) is 0 Å². The van der Waals surface area contributed by atoms with Crippen molar-refractivity contribution < 1.29 is 0 Å². The van der Waals surface area contributed by atoms with Crippen molar-refractivity contribution in [2.45, 2.75) is 13.3 Å². The average Bonchev–Trinajstić information content (AvgIpc) is 2.88. The molecule has 2 N–H and O–H groups in total. The SMILES string of the molecule is CNCCc1c[nH]c2c(-c3cccc(C)c3)cccc12. The van der Waals surface area contributed by atoms with Gasteiger partial charge in [-0.2, -0.15) is 0 Å². The van der Waals surface area contributed by atoms with Crippen LogP contribution in [0.2, 0.25) is 0 Å². The highest BCUT2D eigenvalue weighted by atomic mass is 14.8. The molecular formula is C18H20N2. The van der Waals surface area contributed by atoms with Crippen LogP contribution in [-0.2, 0) is 6.42 Å². The zero-order valence-electron chi connectivity index (χ0n) is 12.0. The standard InChI is InChI=1S/C18H20N2/c1-13-5-3-6-14(11-13)16-7-4-8-17-15(9-10-19-2)12-20-18(16)17/h3-8,11-12,19-20H,9-10H2,1-2H3. The van der Waals surface area contributed by atoms with Gasteiger partial charge in [0.2, 0.25) is 0 Å². The molecule has 1 heterocycles. The van der Waals surface area contributed by atoms with Gasteiger partial charge in [0.1, 0.15) is 0 Å². The maximum Gasteiger partial charge on any atom is 0.0536 e. The second kappa shape index (κ2) is 5.51. The summed E-state index contributed by atoms with van der Waals surface area (Å²) in [7, 11) is 1.99. The van der Waals surface area contributed by atoms with Crippen LogP contribution >= 0.6 is 0 Å². The largest absolute Gasteiger partial charge is 0.360 e. The van der Waals surface area contributed by atoms with Crippen LogP contribution in [0.15, 0.2) is 48.7 Å². The van der Waals surface area contributed by atoms with Crippen LogP contribution in [0.4, 0.5) is 0 Å². The molecule has 0 aliphatic rings. The lowest BCUT2D eigenvalue weighted by molar-refractivity contribution is 0.795. The molecule has 1 aromatic heterocycles. The van der Waals surface area contributed by atoms with E-state index in [1.807, 2.05) is 7.05 Å². The number of hydrogen-bond acceptors (Lipinski definition) is 1. The van der Waals surface area contributed by atoms with Crippen molar-refractivity contribution in [3.8, 4) is 11.1 Å². The number of nitrogens with one attached hydrogen (secondary N) is 2. The number of aromatic nitrogens is 1. The summed E-state index contributed by atoms with van der Waals surface area (Å²) in [6.07, 6.45) is 3.19. The maximum atomic E-state index is 3.46. The Morgan fingerprint density at radius 3 is 2.75 bits per heavy atom. The van der Waals surface area contributed by atoms with Crippen LogP contribution in [0.5, 0.6) is 0 Å². The topological polar surface area (TPSA) is 27.8 Å². The minimum absolute atomic E-state index is 1.00. The molecule has 3 rings (SSSR count). The van der Waals surface area contributed by atoms with Crippen LogP contribution in [-0.4, -0.2) is 18.6 Å². The molecule has 0 aliphatic heterocycles. The van der Waals surface area contributed by atoms with Crippen molar-refractivity contribution in [1.29, 1.82) is 0 Å². The summed E-state index contributed by atoms with van der Waals surface area (Å²) in [5, 5.41) is 4.54. The molecule has 0 unspecified atom stereocenters. The van der Waals surface area contributed by atoms with Gasteiger partial charge in [0, 0.05) is 17.1 Å². The van der Waals surface area contributed by atoms with Gasteiger partial charge in [0.25, 0.3) is 0 Å². The number of H-pyrrole nitrogens is 1. The molecule has 2 heteroatoms. The molecule has 0 fully saturated rings. The number of aromatic amines is 1. The highest BCUT2D eigenvalue weighted by Crippen LogP contribution is 2.30. The lowest BCUT2D eigenvalue weighted by Gasteiger charge is -2.05. The Hall–Kier alpha value is -2.06. The zero-order valence-corrected chi connectivity index (χ0v) is 12.0. The summed E-state index contributed by atoms with van der Waals surface area (Å²) in [5.74, 6) is 0. The third kappa shape index (κ3) is 2.35. The Kier molecular flexibility index (Phi) is 3.57. The first kappa shape index (κ1) is 12.9. The monoisotopic (exact) mass is 264 g/mol. The van der Waals surface area contributed by atoms with Gasteiger partial charge in [-0.05, 0) is 38.1 Å². The predicted molar refractivity (Wildman–Crippen MR) is 86.1 cm³/mol. The first-order valence-electron chi connectivity index (χ1n) is 7.10. The fourth-order valence-electron chi connectivity index (χ4n) is 2.73. The molecule has 0 spiro atoms. The van der Waals surface area contributed by atoms with E-state index in [2.05, 4.69) is 65.9 Å². The number of para-hydroxylation sites is 1. The van der Waals surface area contributed by atoms with Gasteiger partial charge in [-0.15, -0.1) is 0 Å². The van der Waals surface area contributed by atoms with Gasteiger partial charge < -0.3 is 10.3 Å². The predicted octanol–water partition coefficient (Wildman–Crippen LogP) is 3.91. The molecule has 2 aromatic carbocycles. The van der Waals surface area contributed by atoms with E-state index in [9.17, 15) is 0 Å². The summed E-state index contributed by atoms with van der Waals surface area (Å²) in [6.45, 7) is 3.14. The van der Waals surface area contributed by atoms with E-state index in [1.54, 1.807) is 0 Å². The van der Waals surface area contributed by atoms with E-state index in [1.165, 1.54) is 33.2 Å². The van der Waals surface area contributed by atoms with Gasteiger partial charge in [-0.3, -0.25) is 0 Å². The fourth-order valence-corrected chi connectivity index (χ4v) is 2.73. The van der Waals surface area contributed by atoms with Crippen LogP contribution in [0, 0.1) is 6.92 Å². The lowest BCUT2D eigenvalue weighted by Crippen LogP contribution is -2.09. The first-order chi connectivity index (χ1) is 9.79. The summed E-state index contributed by atoms with van der Waals surface area (Å²) in [6, 6.07) is 15.2. The molecule has 0 amide bonds. The second-order valence-electron chi connectivity index (χ2n) is 5.27. The first-order valence-corrected chi connectivity index (χ1v) is 7.10. The molecule has 20 heavy (non-hydrogen) atoms. The number of hydrogen-bond donors (Lipinski definition) is 2. The van der Waals surface area contributed by atoms with Gasteiger partial charge >= 0.3 is 0 Å². The minimum Gasteiger partial charge on any atom is -0.360 e. The molecular weight excluding hydrogens is 244 g/mol. The zero-order chi connectivity index (χ0) is 13.9. The summed E-state index contributed by atoms with van der Waals surface area (Å²) in [5.41, 5.74) is 6.47. The van der Waals surface area contributed by atoms with Crippen LogP contribution < -0.4 is 5.32 Å². The van der Waals surface area contributed by atoms with Crippen molar-refractivity contribution in [2.24, 2.45) is 0 Å². The van der Waals surface area contributed by atoms with Crippen molar-refractivity contribution in [3.63, 3.8) is 0 Å². The molecule has 0 aliphatic carbocycles. The average molecular weight is 264 g/mol. The smallest absolute Gasteiger partial charge is 0.0536 e. The van der Waals surface area contributed by atoms with Crippen LogP contribution in [0.3, 0.4) is 0 Å². The number of benzene rings is 2. The molecule has 0 saturated heterocycles. The number of likely N-dealkylation sites (N-methyl/N-ethyl adjacent to an activating group) is 1. The molecule has 3 aromatic rings. The van der Waals surface area contributed by atoms with E-state index < -0.39 is 0 Å². The minimum atomic E-state index is 1.00. The molecule has 0 saturated carbocycles. The van der Waals surface area contributed by atoms with E-state index in [0.717, 1.165) is 13.0 Å². The third-order valence-electron chi connectivity index (χ3n) is 3.77. The van der Waals surface area contributed by atoms with E-state index in [-0.39, 0.29) is 0 Å². The van der Waals surface area contributed by atoms with E-state index >= 15 is 0 Å². The van der Waals surface area contributed by atoms with Crippen molar-refractivity contribution in [1.82, 2.24) is 10.3 Å². The highest BCUT2D eigenvalue weighted by molar-refractivity contribution is 5.96. The summed E-state index contributed by atoms with van der Waals surface area (Å²) < 4.78 is 0. The molecule has 2 nitrogen and oxygen atoms in total. The third-order valence-corrected chi connectivity index (χ3v) is 3.77. The van der Waals surface area contributed by atoms with Crippen molar-refractivity contribution >= 4 is 10.9 Å². The molecule has 102 valence electrons. The van der Waals surface area contributed by atoms with Crippen LogP contribution in [0.1, 0.15) is 11.1 Å². The quantitative estimate of drug-likeness (QED) is 0.734. The lowest BCUT2D eigenvalue weighted by atomic mass is 10.00. The molecule has 0 radical (unpaired) electrons. The number of aryl methyl sites for hydroxylation is 1. The Balaban J connectivity index is 2.10. The van der Waals surface area contributed by atoms with Crippen LogP contribution in [0.25, 0.3) is 22.0 Å². The van der Waals surface area contributed by atoms with Gasteiger partial charge in [-0.25, -0.2) is 0 Å². The highest BCUT2D eigenvalue weighted by Gasteiger charge is 2.08. The van der Waals surface area contributed by atoms with E-state index in [4.69, 9.17) is 0 Å². The maximum absolute atomic E-state index is 3.46. The normalized spacial score (nSPS) is 11.1. The fraction of sp³-hybridized carbons (Fsp3) is 0.222. The van der Waals surface area contributed by atoms with Gasteiger partial charge in [0.05, 0.1) is 5.52 Å². The van der Waals surface area contributed by atoms with Crippen molar-refractivity contribution in [2.75, 3.05) is 13.6 Å². The summed E-state index contributed by atoms with van der Waals surface area (Å²) in [4.78, 5) is 3.46. The Morgan fingerprint density at radius 1 is 1.10 bits per heavy atom.